The summed E-state index contributed by atoms with van der Waals surface area (Å²) >= 11 is 1.65. The highest BCUT2D eigenvalue weighted by molar-refractivity contribution is 7.98. The molecule has 0 aromatic heterocycles. The molecular weight excluding hydrogens is 390 g/mol. The number of para-hydroxylation sites is 1. The van der Waals surface area contributed by atoms with Crippen molar-refractivity contribution < 1.29 is 19.1 Å². The number of nitrogens with zero attached hydrogens (tertiary/aromatic N) is 1. The van der Waals surface area contributed by atoms with Gasteiger partial charge in [0, 0.05) is 25.2 Å². The summed E-state index contributed by atoms with van der Waals surface area (Å²) in [6.07, 6.45) is 2.55. The molecule has 0 bridgehead atoms. The number of amides is 2. The van der Waals surface area contributed by atoms with Crippen LogP contribution in [0.1, 0.15) is 20.3 Å². The highest BCUT2D eigenvalue weighted by atomic mass is 32.2. The molecule has 1 aromatic carbocycles. The minimum atomic E-state index is -0.574. The van der Waals surface area contributed by atoms with Crippen LogP contribution in [0.4, 0.5) is 0 Å². The van der Waals surface area contributed by atoms with E-state index in [9.17, 15) is 9.59 Å². The molecule has 0 saturated carbocycles. The van der Waals surface area contributed by atoms with E-state index in [0.29, 0.717) is 31.9 Å². The normalized spacial score (nSPS) is 16.1. The van der Waals surface area contributed by atoms with Gasteiger partial charge in [-0.25, -0.2) is 0 Å². The number of nitrogens with one attached hydrogen (secondary N) is 2. The van der Waals surface area contributed by atoms with Crippen molar-refractivity contribution in [3.8, 4) is 5.75 Å². The van der Waals surface area contributed by atoms with Gasteiger partial charge in [-0.15, -0.1) is 0 Å². The van der Waals surface area contributed by atoms with Gasteiger partial charge in [0.25, 0.3) is 5.91 Å². The third-order valence-electron chi connectivity index (χ3n) is 4.94. The van der Waals surface area contributed by atoms with E-state index in [2.05, 4.69) is 29.4 Å². The first-order valence-corrected chi connectivity index (χ1v) is 11.4. The molecule has 1 saturated heterocycles. The molecule has 1 atom stereocenters. The zero-order valence-corrected chi connectivity index (χ0v) is 18.4. The minimum Gasteiger partial charge on any atom is -0.484 e. The Balaban J connectivity index is 1.84. The highest BCUT2D eigenvalue weighted by Gasteiger charge is 2.30. The van der Waals surface area contributed by atoms with Crippen LogP contribution in [0.5, 0.6) is 5.75 Å². The standard InChI is InChI=1S/C21H33N3O4S/c1-21(2,24-10-12-27-13-11-24)16-22-20(26)18(9-14-29-3)23-19(25)15-28-17-7-5-4-6-8-17/h4-8,18H,9-16H2,1-3H3,(H,22,26)(H,23,25)/t18-/m0/s1. The first-order valence-electron chi connectivity index (χ1n) is 9.99. The van der Waals surface area contributed by atoms with E-state index in [-0.39, 0.29) is 24.0 Å². The van der Waals surface area contributed by atoms with E-state index in [1.165, 1.54) is 0 Å². The number of carbonyl (C=O) groups is 2. The van der Waals surface area contributed by atoms with Crippen molar-refractivity contribution >= 4 is 23.6 Å². The summed E-state index contributed by atoms with van der Waals surface area (Å²) in [6.45, 7) is 7.75. The molecule has 0 aliphatic carbocycles. The Kier molecular flexibility index (Phi) is 9.76. The summed E-state index contributed by atoms with van der Waals surface area (Å²) in [5, 5.41) is 5.84. The van der Waals surface area contributed by atoms with Gasteiger partial charge >= 0.3 is 0 Å². The molecule has 7 nitrogen and oxygen atoms in total. The summed E-state index contributed by atoms with van der Waals surface area (Å²) in [4.78, 5) is 27.4. The first-order chi connectivity index (χ1) is 13.9. The Labute approximate surface area is 177 Å². The number of hydrogen-bond acceptors (Lipinski definition) is 6. The van der Waals surface area contributed by atoms with Crippen LogP contribution in [0, 0.1) is 0 Å². The number of morpholine rings is 1. The summed E-state index contributed by atoms with van der Waals surface area (Å²) in [5.41, 5.74) is -0.177. The molecule has 0 radical (unpaired) electrons. The largest absolute Gasteiger partial charge is 0.484 e. The third kappa shape index (κ3) is 8.24. The molecule has 2 rings (SSSR count). The number of thioether (sulfide) groups is 1. The quantitative estimate of drug-likeness (QED) is 0.562. The van der Waals surface area contributed by atoms with Crippen LogP contribution >= 0.6 is 11.8 Å². The van der Waals surface area contributed by atoms with Crippen molar-refractivity contribution in [1.82, 2.24) is 15.5 Å². The first kappa shape index (κ1) is 23.5. The monoisotopic (exact) mass is 423 g/mol. The summed E-state index contributed by atoms with van der Waals surface area (Å²) in [6, 6.07) is 8.58. The zero-order valence-electron chi connectivity index (χ0n) is 17.6. The molecule has 0 spiro atoms. The Bertz CT molecular complexity index is 636. The predicted octanol–water partition coefficient (Wildman–Crippen LogP) is 1.53. The molecule has 1 heterocycles. The van der Waals surface area contributed by atoms with E-state index < -0.39 is 6.04 Å². The van der Waals surface area contributed by atoms with Crippen LogP contribution in [0.3, 0.4) is 0 Å². The van der Waals surface area contributed by atoms with Crippen LogP contribution in [-0.4, -0.2) is 79.8 Å². The van der Waals surface area contributed by atoms with Crippen LogP contribution < -0.4 is 15.4 Å². The second kappa shape index (κ2) is 12.0. The molecule has 162 valence electrons. The Morgan fingerprint density at radius 2 is 1.93 bits per heavy atom. The van der Waals surface area contributed by atoms with E-state index >= 15 is 0 Å². The fourth-order valence-electron chi connectivity index (χ4n) is 3.11. The fraction of sp³-hybridized carbons (Fsp3) is 0.619. The number of carbonyl (C=O) groups excluding carboxylic acids is 2. The molecule has 8 heteroatoms. The second-order valence-electron chi connectivity index (χ2n) is 7.63. The van der Waals surface area contributed by atoms with E-state index in [1.807, 2.05) is 24.5 Å². The molecule has 1 fully saturated rings. The van der Waals surface area contributed by atoms with Crippen LogP contribution in [-0.2, 0) is 14.3 Å². The molecule has 1 aliphatic rings. The number of hydrogen-bond donors (Lipinski definition) is 2. The van der Waals surface area contributed by atoms with Gasteiger partial charge in [-0.05, 0) is 44.4 Å². The maximum atomic E-state index is 12.8. The average Bonchev–Trinajstić information content (AvgIpc) is 2.75. The number of ether oxygens (including phenoxy) is 2. The van der Waals surface area contributed by atoms with E-state index in [4.69, 9.17) is 9.47 Å². The number of benzene rings is 1. The van der Waals surface area contributed by atoms with Gasteiger partial charge in [-0.3, -0.25) is 14.5 Å². The van der Waals surface area contributed by atoms with Crippen LogP contribution in [0.2, 0.25) is 0 Å². The van der Waals surface area contributed by atoms with Crippen molar-refractivity contribution in [3.05, 3.63) is 30.3 Å². The van der Waals surface area contributed by atoms with Crippen molar-refractivity contribution in [2.24, 2.45) is 0 Å². The molecule has 2 amide bonds. The maximum Gasteiger partial charge on any atom is 0.258 e. The SMILES string of the molecule is CSCC[C@H](NC(=O)COc1ccccc1)C(=O)NCC(C)(C)N1CCOCC1. The van der Waals surface area contributed by atoms with Crippen molar-refractivity contribution in [2.75, 3.05) is 51.5 Å². The van der Waals surface area contributed by atoms with Crippen LogP contribution in [0.15, 0.2) is 30.3 Å². The molecule has 0 unspecified atom stereocenters. The zero-order chi connectivity index (χ0) is 21.1. The lowest BCUT2D eigenvalue weighted by molar-refractivity contribution is -0.130. The third-order valence-corrected chi connectivity index (χ3v) is 5.58. The summed E-state index contributed by atoms with van der Waals surface area (Å²) in [7, 11) is 0. The van der Waals surface area contributed by atoms with E-state index in [1.54, 1.807) is 23.9 Å². The van der Waals surface area contributed by atoms with Crippen molar-refractivity contribution in [3.63, 3.8) is 0 Å². The maximum absolute atomic E-state index is 12.8. The number of rotatable bonds is 11. The van der Waals surface area contributed by atoms with Gasteiger partial charge in [0.2, 0.25) is 5.91 Å². The van der Waals surface area contributed by atoms with Crippen molar-refractivity contribution in [1.29, 1.82) is 0 Å². The Morgan fingerprint density at radius 1 is 1.24 bits per heavy atom. The smallest absolute Gasteiger partial charge is 0.258 e. The van der Waals surface area contributed by atoms with Gasteiger partial charge in [0.15, 0.2) is 6.61 Å². The predicted molar refractivity (Wildman–Crippen MR) is 116 cm³/mol. The van der Waals surface area contributed by atoms with Gasteiger partial charge in [0.05, 0.1) is 13.2 Å². The minimum absolute atomic E-state index is 0.119. The van der Waals surface area contributed by atoms with Gasteiger partial charge in [0.1, 0.15) is 11.8 Å². The lowest BCUT2D eigenvalue weighted by Gasteiger charge is -2.41. The Hall–Kier alpha value is -1.77. The van der Waals surface area contributed by atoms with Crippen molar-refractivity contribution in [2.45, 2.75) is 31.8 Å². The van der Waals surface area contributed by atoms with Gasteiger partial charge < -0.3 is 20.1 Å². The van der Waals surface area contributed by atoms with Gasteiger partial charge in [-0.2, -0.15) is 11.8 Å². The summed E-state index contributed by atoms with van der Waals surface area (Å²) in [5.74, 6) is 0.945. The lowest BCUT2D eigenvalue weighted by Crippen LogP contribution is -2.57. The fourth-order valence-corrected chi connectivity index (χ4v) is 3.58. The summed E-state index contributed by atoms with van der Waals surface area (Å²) < 4.78 is 10.9. The molecule has 1 aliphatic heterocycles. The topological polar surface area (TPSA) is 79.9 Å². The molecule has 1 aromatic rings. The van der Waals surface area contributed by atoms with E-state index in [0.717, 1.165) is 18.8 Å². The van der Waals surface area contributed by atoms with Gasteiger partial charge in [-0.1, -0.05) is 18.2 Å². The second-order valence-corrected chi connectivity index (χ2v) is 8.62. The molecular formula is C21H33N3O4S. The molecule has 2 N–H and O–H groups in total. The van der Waals surface area contributed by atoms with Crippen LogP contribution in [0.25, 0.3) is 0 Å². The average molecular weight is 424 g/mol. The lowest BCUT2D eigenvalue weighted by atomic mass is 10.0. The molecule has 29 heavy (non-hydrogen) atoms. The highest BCUT2D eigenvalue weighted by Crippen LogP contribution is 2.15. The Morgan fingerprint density at radius 3 is 2.59 bits per heavy atom.